The molecule has 2 aromatic rings. The maximum absolute atomic E-state index is 13.0. The zero-order valence-electron chi connectivity index (χ0n) is 10.8. The predicted molar refractivity (Wildman–Crippen MR) is 66.7 cm³/mol. The Kier molecular flexibility index (Phi) is 3.63. The molecule has 5 nitrogen and oxygen atoms in total. The fourth-order valence-corrected chi connectivity index (χ4v) is 1.82. The van der Waals surface area contributed by atoms with Crippen molar-refractivity contribution < 1.29 is 28.2 Å². The minimum Gasteiger partial charge on any atom is -0.508 e. The van der Waals surface area contributed by atoms with Gasteiger partial charge in [-0.05, 0) is 30.7 Å². The molecule has 0 aliphatic heterocycles. The van der Waals surface area contributed by atoms with Crippen molar-refractivity contribution in [2.45, 2.75) is 19.1 Å². The van der Waals surface area contributed by atoms with Crippen LogP contribution in [0.2, 0.25) is 0 Å². The van der Waals surface area contributed by atoms with E-state index in [1.165, 1.54) is 13.1 Å². The van der Waals surface area contributed by atoms with Crippen LogP contribution in [0.5, 0.6) is 5.75 Å². The summed E-state index contributed by atoms with van der Waals surface area (Å²) in [7, 11) is 0. The summed E-state index contributed by atoms with van der Waals surface area (Å²) < 4.78 is 40.0. The maximum atomic E-state index is 13.0. The standard InChI is InChI=1S/C13H11F3N2O3/c1-7(12(20)21)18-6-8(5-17-18)10-3-2-9(19)4-11(10)13(14,15)16/h2-7,19H,1H3,(H,20,21). The number of carboxylic acid groups (broad SMARTS) is 1. The van der Waals surface area contributed by atoms with Gasteiger partial charge in [0.2, 0.25) is 0 Å². The number of hydrogen-bond donors (Lipinski definition) is 2. The molecule has 0 bridgehead atoms. The Labute approximate surface area is 117 Å². The number of carbonyl (C=O) groups is 1. The highest BCUT2D eigenvalue weighted by atomic mass is 19.4. The molecule has 21 heavy (non-hydrogen) atoms. The monoisotopic (exact) mass is 300 g/mol. The number of nitrogens with zero attached hydrogens (tertiary/aromatic N) is 2. The number of aromatic nitrogens is 2. The second-order valence-corrected chi connectivity index (χ2v) is 4.45. The number of benzene rings is 1. The Morgan fingerprint density at radius 1 is 1.38 bits per heavy atom. The van der Waals surface area contributed by atoms with E-state index in [4.69, 9.17) is 5.11 Å². The third-order valence-electron chi connectivity index (χ3n) is 2.98. The van der Waals surface area contributed by atoms with Crippen molar-refractivity contribution in [1.29, 1.82) is 0 Å². The van der Waals surface area contributed by atoms with E-state index in [1.54, 1.807) is 0 Å². The van der Waals surface area contributed by atoms with E-state index in [9.17, 15) is 23.1 Å². The van der Waals surface area contributed by atoms with E-state index in [0.29, 0.717) is 6.07 Å². The molecule has 1 unspecified atom stereocenters. The fraction of sp³-hybridized carbons (Fsp3) is 0.231. The molecular weight excluding hydrogens is 289 g/mol. The Balaban J connectivity index is 2.50. The average molecular weight is 300 g/mol. The van der Waals surface area contributed by atoms with Crippen LogP contribution in [0.1, 0.15) is 18.5 Å². The number of hydrogen-bond acceptors (Lipinski definition) is 3. The molecule has 1 atom stereocenters. The molecule has 112 valence electrons. The van der Waals surface area contributed by atoms with Gasteiger partial charge in [0.25, 0.3) is 0 Å². The van der Waals surface area contributed by atoms with Crippen molar-refractivity contribution in [3.63, 3.8) is 0 Å². The molecule has 0 saturated heterocycles. The molecule has 0 radical (unpaired) electrons. The molecule has 2 N–H and O–H groups in total. The van der Waals surface area contributed by atoms with Crippen molar-refractivity contribution in [3.05, 3.63) is 36.2 Å². The quantitative estimate of drug-likeness (QED) is 0.914. The summed E-state index contributed by atoms with van der Waals surface area (Å²) in [6.45, 7) is 1.36. The SMILES string of the molecule is CC(C(=O)O)n1cc(-c2ccc(O)cc2C(F)(F)F)cn1. The molecule has 1 aromatic carbocycles. The van der Waals surface area contributed by atoms with E-state index in [2.05, 4.69) is 5.10 Å². The van der Waals surface area contributed by atoms with E-state index in [1.807, 2.05) is 0 Å². The van der Waals surface area contributed by atoms with Gasteiger partial charge in [0.15, 0.2) is 0 Å². The van der Waals surface area contributed by atoms with Crippen LogP contribution >= 0.6 is 0 Å². The Hall–Kier alpha value is -2.51. The van der Waals surface area contributed by atoms with Crippen molar-refractivity contribution in [2.75, 3.05) is 0 Å². The number of aromatic hydroxyl groups is 1. The molecular formula is C13H11F3N2O3. The molecule has 1 heterocycles. The lowest BCUT2D eigenvalue weighted by Gasteiger charge is -2.12. The fourth-order valence-electron chi connectivity index (χ4n) is 1.82. The molecule has 0 saturated carbocycles. The van der Waals surface area contributed by atoms with Gasteiger partial charge in [-0.3, -0.25) is 4.68 Å². The van der Waals surface area contributed by atoms with E-state index in [0.717, 1.165) is 23.0 Å². The van der Waals surface area contributed by atoms with Crippen LogP contribution in [-0.2, 0) is 11.0 Å². The summed E-state index contributed by atoms with van der Waals surface area (Å²) in [5.41, 5.74) is -1.07. The first-order valence-electron chi connectivity index (χ1n) is 5.87. The number of aliphatic carboxylic acids is 1. The molecule has 0 amide bonds. The normalized spacial score (nSPS) is 13.1. The van der Waals surface area contributed by atoms with Crippen LogP contribution in [0.15, 0.2) is 30.6 Å². The lowest BCUT2D eigenvalue weighted by Crippen LogP contribution is -2.15. The number of phenolic OH excluding ortho intramolecular Hbond substituents is 1. The smallest absolute Gasteiger partial charge is 0.417 e. The third kappa shape index (κ3) is 2.99. The summed E-state index contributed by atoms with van der Waals surface area (Å²) in [5, 5.41) is 21.8. The second-order valence-electron chi connectivity index (χ2n) is 4.45. The Morgan fingerprint density at radius 3 is 2.62 bits per heavy atom. The number of halogens is 3. The highest BCUT2D eigenvalue weighted by molar-refractivity contribution is 5.72. The average Bonchev–Trinajstić information content (AvgIpc) is 2.86. The first kappa shape index (κ1) is 14.9. The highest BCUT2D eigenvalue weighted by Crippen LogP contribution is 2.38. The van der Waals surface area contributed by atoms with Crippen LogP contribution in [0.3, 0.4) is 0 Å². The van der Waals surface area contributed by atoms with Crippen molar-refractivity contribution in [2.24, 2.45) is 0 Å². The second kappa shape index (κ2) is 5.12. The van der Waals surface area contributed by atoms with Gasteiger partial charge in [-0.25, -0.2) is 4.79 Å². The lowest BCUT2D eigenvalue weighted by atomic mass is 10.0. The van der Waals surface area contributed by atoms with Crippen LogP contribution in [0.4, 0.5) is 13.2 Å². The summed E-state index contributed by atoms with van der Waals surface area (Å²) in [6.07, 6.45) is -2.27. The summed E-state index contributed by atoms with van der Waals surface area (Å²) >= 11 is 0. The molecule has 0 aliphatic rings. The summed E-state index contributed by atoms with van der Waals surface area (Å²) in [5.74, 6) is -1.65. The van der Waals surface area contributed by atoms with Gasteiger partial charge in [-0.2, -0.15) is 18.3 Å². The zero-order chi connectivity index (χ0) is 15.8. The largest absolute Gasteiger partial charge is 0.508 e. The van der Waals surface area contributed by atoms with Crippen LogP contribution in [-0.4, -0.2) is 26.0 Å². The van der Waals surface area contributed by atoms with Crippen LogP contribution in [0, 0.1) is 0 Å². The van der Waals surface area contributed by atoms with Crippen molar-refractivity contribution >= 4 is 5.97 Å². The number of rotatable bonds is 3. The van der Waals surface area contributed by atoms with E-state index in [-0.39, 0.29) is 11.1 Å². The van der Waals surface area contributed by atoms with E-state index >= 15 is 0 Å². The topological polar surface area (TPSA) is 75.3 Å². The zero-order valence-corrected chi connectivity index (χ0v) is 10.8. The number of alkyl halides is 3. The molecule has 1 aromatic heterocycles. The summed E-state index contributed by atoms with van der Waals surface area (Å²) in [6, 6.07) is 1.87. The maximum Gasteiger partial charge on any atom is 0.417 e. The molecule has 0 aliphatic carbocycles. The summed E-state index contributed by atoms with van der Waals surface area (Å²) in [4.78, 5) is 10.8. The highest BCUT2D eigenvalue weighted by Gasteiger charge is 2.34. The number of carboxylic acids is 1. The van der Waals surface area contributed by atoms with E-state index < -0.39 is 29.5 Å². The van der Waals surface area contributed by atoms with Crippen LogP contribution in [0.25, 0.3) is 11.1 Å². The third-order valence-corrected chi connectivity index (χ3v) is 2.98. The Morgan fingerprint density at radius 2 is 2.05 bits per heavy atom. The molecule has 0 fully saturated rings. The molecule has 8 heteroatoms. The number of phenols is 1. The Bertz CT molecular complexity index is 680. The van der Waals surface area contributed by atoms with Gasteiger partial charge < -0.3 is 10.2 Å². The molecule has 2 rings (SSSR count). The van der Waals surface area contributed by atoms with Crippen LogP contribution < -0.4 is 0 Å². The van der Waals surface area contributed by atoms with Crippen molar-refractivity contribution in [1.82, 2.24) is 9.78 Å². The van der Waals surface area contributed by atoms with Gasteiger partial charge in [0.1, 0.15) is 11.8 Å². The first-order valence-corrected chi connectivity index (χ1v) is 5.87. The lowest BCUT2D eigenvalue weighted by molar-refractivity contribution is -0.140. The van der Waals surface area contributed by atoms with Gasteiger partial charge in [-0.15, -0.1) is 0 Å². The van der Waals surface area contributed by atoms with Gasteiger partial charge in [-0.1, -0.05) is 0 Å². The predicted octanol–water partition coefficient (Wildman–Crippen LogP) is 2.92. The van der Waals surface area contributed by atoms with Gasteiger partial charge in [0, 0.05) is 11.8 Å². The van der Waals surface area contributed by atoms with Gasteiger partial charge in [0.05, 0.1) is 11.8 Å². The van der Waals surface area contributed by atoms with Gasteiger partial charge >= 0.3 is 12.1 Å². The minimum absolute atomic E-state index is 0.121. The molecule has 0 spiro atoms. The minimum atomic E-state index is -4.64. The van der Waals surface area contributed by atoms with Crippen molar-refractivity contribution in [3.8, 4) is 16.9 Å². The first-order chi connectivity index (χ1) is 9.70.